The van der Waals surface area contributed by atoms with E-state index in [1.807, 2.05) is 0 Å². The summed E-state index contributed by atoms with van der Waals surface area (Å²) in [5.41, 5.74) is 0.966. The van der Waals surface area contributed by atoms with Gasteiger partial charge in [0.25, 0.3) is 0 Å². The molecule has 2 aliphatic rings. The summed E-state index contributed by atoms with van der Waals surface area (Å²) in [6, 6.07) is 5.04. The first kappa shape index (κ1) is 14.2. The molecule has 0 bridgehead atoms. The van der Waals surface area contributed by atoms with Gasteiger partial charge in [-0.1, -0.05) is 18.5 Å². The third-order valence-corrected chi connectivity index (χ3v) is 5.17. The SMILES string of the molecule is CCC1CNC(C)(C2CC2)CN1c1cc(F)ccc1Cl. The van der Waals surface area contributed by atoms with E-state index in [0.717, 1.165) is 31.1 Å². The van der Waals surface area contributed by atoms with Crippen molar-refractivity contribution in [2.75, 3.05) is 18.0 Å². The van der Waals surface area contributed by atoms with E-state index in [9.17, 15) is 4.39 Å². The maximum absolute atomic E-state index is 13.6. The van der Waals surface area contributed by atoms with Crippen LogP contribution in [0.5, 0.6) is 0 Å². The summed E-state index contributed by atoms with van der Waals surface area (Å²) >= 11 is 6.31. The van der Waals surface area contributed by atoms with Crippen LogP contribution in [0.4, 0.5) is 10.1 Å². The number of hydrogen-bond acceptors (Lipinski definition) is 2. The molecule has 1 saturated carbocycles. The Labute approximate surface area is 125 Å². The Bertz CT molecular complexity index is 503. The van der Waals surface area contributed by atoms with Gasteiger partial charge in [-0.15, -0.1) is 0 Å². The predicted molar refractivity (Wildman–Crippen MR) is 82.0 cm³/mol. The highest BCUT2D eigenvalue weighted by Gasteiger charge is 2.46. The van der Waals surface area contributed by atoms with Crippen LogP contribution in [-0.4, -0.2) is 24.7 Å². The first-order valence-corrected chi connectivity index (χ1v) is 7.88. The average Bonchev–Trinajstić information content (AvgIpc) is 3.26. The van der Waals surface area contributed by atoms with Crippen LogP contribution in [0.15, 0.2) is 18.2 Å². The van der Waals surface area contributed by atoms with Gasteiger partial charge in [0.05, 0.1) is 10.7 Å². The molecule has 1 N–H and O–H groups in total. The molecular formula is C16H22ClFN2. The minimum Gasteiger partial charge on any atom is -0.364 e. The first-order valence-electron chi connectivity index (χ1n) is 7.50. The smallest absolute Gasteiger partial charge is 0.125 e. The highest BCUT2D eigenvalue weighted by atomic mass is 35.5. The van der Waals surface area contributed by atoms with E-state index in [-0.39, 0.29) is 11.4 Å². The number of anilines is 1. The molecule has 1 aliphatic carbocycles. The number of piperazine rings is 1. The number of halogens is 2. The molecule has 2 atom stereocenters. The summed E-state index contributed by atoms with van der Waals surface area (Å²) in [4.78, 5) is 2.31. The van der Waals surface area contributed by atoms with Gasteiger partial charge >= 0.3 is 0 Å². The Morgan fingerprint density at radius 2 is 2.20 bits per heavy atom. The summed E-state index contributed by atoms with van der Waals surface area (Å²) < 4.78 is 13.6. The lowest BCUT2D eigenvalue weighted by Crippen LogP contribution is -2.64. The van der Waals surface area contributed by atoms with Gasteiger partial charge in [0.15, 0.2) is 0 Å². The van der Waals surface area contributed by atoms with Crippen molar-refractivity contribution >= 4 is 17.3 Å². The maximum atomic E-state index is 13.6. The van der Waals surface area contributed by atoms with E-state index >= 15 is 0 Å². The van der Waals surface area contributed by atoms with Crippen molar-refractivity contribution in [3.8, 4) is 0 Å². The molecule has 1 aliphatic heterocycles. The number of nitrogens with one attached hydrogen (secondary N) is 1. The second kappa shape index (κ2) is 5.19. The lowest BCUT2D eigenvalue weighted by Gasteiger charge is -2.48. The molecule has 1 aromatic carbocycles. The minimum absolute atomic E-state index is 0.126. The largest absolute Gasteiger partial charge is 0.364 e. The highest BCUT2D eigenvalue weighted by Crippen LogP contribution is 2.43. The van der Waals surface area contributed by atoms with Crippen LogP contribution in [0.3, 0.4) is 0 Å². The molecule has 1 aromatic rings. The van der Waals surface area contributed by atoms with Crippen LogP contribution in [0.2, 0.25) is 5.02 Å². The molecule has 1 heterocycles. The molecule has 2 fully saturated rings. The third-order valence-electron chi connectivity index (χ3n) is 4.85. The summed E-state index contributed by atoms with van der Waals surface area (Å²) in [5.74, 6) is 0.529. The molecule has 3 rings (SSSR count). The van der Waals surface area contributed by atoms with Crippen LogP contribution in [0, 0.1) is 11.7 Å². The van der Waals surface area contributed by atoms with Crippen LogP contribution < -0.4 is 10.2 Å². The van der Waals surface area contributed by atoms with Crippen LogP contribution >= 0.6 is 11.6 Å². The van der Waals surface area contributed by atoms with Crippen molar-refractivity contribution in [3.05, 3.63) is 29.0 Å². The van der Waals surface area contributed by atoms with E-state index in [2.05, 4.69) is 24.1 Å². The Balaban J connectivity index is 1.92. The molecule has 20 heavy (non-hydrogen) atoms. The molecule has 2 nitrogen and oxygen atoms in total. The fourth-order valence-corrected chi connectivity index (χ4v) is 3.57. The maximum Gasteiger partial charge on any atom is 0.125 e. The topological polar surface area (TPSA) is 15.3 Å². The molecule has 0 amide bonds. The highest BCUT2D eigenvalue weighted by molar-refractivity contribution is 6.33. The molecule has 0 radical (unpaired) electrons. The fraction of sp³-hybridized carbons (Fsp3) is 0.625. The van der Waals surface area contributed by atoms with Crippen LogP contribution in [-0.2, 0) is 0 Å². The van der Waals surface area contributed by atoms with Crippen molar-refractivity contribution < 1.29 is 4.39 Å². The molecule has 0 spiro atoms. The van der Waals surface area contributed by atoms with E-state index in [4.69, 9.17) is 11.6 Å². The lowest BCUT2D eigenvalue weighted by molar-refractivity contribution is 0.252. The van der Waals surface area contributed by atoms with Crippen molar-refractivity contribution in [3.63, 3.8) is 0 Å². The van der Waals surface area contributed by atoms with Gasteiger partial charge < -0.3 is 10.2 Å². The predicted octanol–water partition coefficient (Wildman–Crippen LogP) is 3.84. The van der Waals surface area contributed by atoms with Crippen LogP contribution in [0.25, 0.3) is 0 Å². The van der Waals surface area contributed by atoms with Gasteiger partial charge in [-0.3, -0.25) is 0 Å². The number of hydrogen-bond donors (Lipinski definition) is 1. The van der Waals surface area contributed by atoms with Crippen molar-refractivity contribution in [1.82, 2.24) is 5.32 Å². The zero-order valence-corrected chi connectivity index (χ0v) is 12.9. The molecule has 110 valence electrons. The average molecular weight is 297 g/mol. The van der Waals surface area contributed by atoms with Gasteiger partial charge in [0, 0.05) is 24.7 Å². The van der Waals surface area contributed by atoms with E-state index in [0.29, 0.717) is 11.1 Å². The first-order chi connectivity index (χ1) is 9.53. The fourth-order valence-electron chi connectivity index (χ4n) is 3.35. The van der Waals surface area contributed by atoms with Crippen LogP contribution in [0.1, 0.15) is 33.1 Å². The molecule has 2 unspecified atom stereocenters. The summed E-state index contributed by atoms with van der Waals surface area (Å²) in [6.45, 7) is 6.30. The van der Waals surface area contributed by atoms with Crippen molar-refractivity contribution in [1.29, 1.82) is 0 Å². The molecule has 0 aromatic heterocycles. The number of benzene rings is 1. The molecule has 1 saturated heterocycles. The van der Waals surface area contributed by atoms with Gasteiger partial charge in [-0.05, 0) is 50.3 Å². The summed E-state index contributed by atoms with van der Waals surface area (Å²) in [7, 11) is 0. The van der Waals surface area contributed by atoms with Crippen molar-refractivity contribution in [2.24, 2.45) is 5.92 Å². The lowest BCUT2D eigenvalue weighted by atomic mass is 9.90. The standard InChI is InChI=1S/C16H22ClFN2/c1-3-13-9-19-16(2,11-4-5-11)10-20(13)15-8-12(18)6-7-14(15)17/h6-8,11,13,19H,3-5,9-10H2,1-2H3. The van der Waals surface area contributed by atoms with Gasteiger partial charge in [-0.2, -0.15) is 0 Å². The van der Waals surface area contributed by atoms with Gasteiger partial charge in [0.2, 0.25) is 0 Å². The Morgan fingerprint density at radius 3 is 2.85 bits per heavy atom. The summed E-state index contributed by atoms with van der Waals surface area (Å²) in [5, 5.41) is 4.36. The third kappa shape index (κ3) is 2.53. The van der Waals surface area contributed by atoms with Crippen molar-refractivity contribution in [2.45, 2.75) is 44.7 Å². The van der Waals surface area contributed by atoms with E-state index < -0.39 is 0 Å². The summed E-state index contributed by atoms with van der Waals surface area (Å²) in [6.07, 6.45) is 3.62. The second-order valence-corrected chi connectivity index (χ2v) is 6.77. The van der Waals surface area contributed by atoms with Gasteiger partial charge in [-0.25, -0.2) is 4.39 Å². The Hall–Kier alpha value is -0.800. The molecule has 4 heteroatoms. The normalized spacial score (nSPS) is 30.6. The number of rotatable bonds is 3. The monoisotopic (exact) mass is 296 g/mol. The quantitative estimate of drug-likeness (QED) is 0.912. The van der Waals surface area contributed by atoms with Gasteiger partial charge in [0.1, 0.15) is 5.82 Å². The zero-order valence-electron chi connectivity index (χ0n) is 12.1. The Morgan fingerprint density at radius 1 is 1.45 bits per heavy atom. The zero-order chi connectivity index (χ0) is 14.3. The molecular weight excluding hydrogens is 275 g/mol. The second-order valence-electron chi connectivity index (χ2n) is 6.36. The van der Waals surface area contributed by atoms with E-state index in [1.54, 1.807) is 12.1 Å². The number of nitrogens with zero attached hydrogens (tertiary/aromatic N) is 1. The minimum atomic E-state index is -0.217. The Kier molecular flexibility index (Phi) is 3.67. The van der Waals surface area contributed by atoms with E-state index in [1.165, 1.54) is 18.9 Å².